The first kappa shape index (κ1) is 28.5. The Labute approximate surface area is 234 Å². The van der Waals surface area contributed by atoms with E-state index in [2.05, 4.69) is 20.6 Å². The number of carbonyl (C=O) groups excluding carboxylic acids is 4. The van der Waals surface area contributed by atoms with Crippen LogP contribution in [0, 0.1) is 0 Å². The topological polar surface area (TPSA) is 178 Å². The Bertz CT molecular complexity index is 1410. The molecule has 1 saturated heterocycles. The highest BCUT2D eigenvalue weighted by Crippen LogP contribution is 2.39. The van der Waals surface area contributed by atoms with Crippen LogP contribution in [0.1, 0.15) is 75.4 Å². The predicted molar refractivity (Wildman–Crippen MR) is 147 cm³/mol. The minimum atomic E-state index is -0.753. The summed E-state index contributed by atoms with van der Waals surface area (Å²) >= 11 is 7.26. The molecular formula is C25H31ClN8O4S. The number of halogens is 1. The second-order valence-electron chi connectivity index (χ2n) is 9.48. The van der Waals surface area contributed by atoms with Gasteiger partial charge in [-0.2, -0.15) is 0 Å². The largest absolute Gasteiger partial charge is 0.364 e. The van der Waals surface area contributed by atoms with Crippen molar-refractivity contribution in [2.45, 2.75) is 50.6 Å². The Morgan fingerprint density at radius 2 is 1.97 bits per heavy atom. The van der Waals surface area contributed by atoms with E-state index < -0.39 is 17.9 Å². The van der Waals surface area contributed by atoms with Gasteiger partial charge in [0.2, 0.25) is 11.8 Å². The van der Waals surface area contributed by atoms with Crippen LogP contribution >= 0.6 is 22.9 Å². The van der Waals surface area contributed by atoms with Crippen molar-refractivity contribution in [1.29, 1.82) is 0 Å². The van der Waals surface area contributed by atoms with Crippen molar-refractivity contribution in [2.75, 3.05) is 20.1 Å². The Morgan fingerprint density at radius 3 is 2.67 bits per heavy atom. The number of likely N-dealkylation sites (tertiary alicyclic amines) is 1. The van der Waals surface area contributed by atoms with E-state index in [1.807, 2.05) is 0 Å². The van der Waals surface area contributed by atoms with Crippen LogP contribution in [-0.4, -0.2) is 69.1 Å². The highest BCUT2D eigenvalue weighted by atomic mass is 35.5. The molecule has 6 N–H and O–H groups in total. The van der Waals surface area contributed by atoms with Gasteiger partial charge in [-0.05, 0) is 31.4 Å². The Balaban J connectivity index is 1.62. The van der Waals surface area contributed by atoms with E-state index in [0.29, 0.717) is 52.8 Å². The molecule has 4 amide bonds. The van der Waals surface area contributed by atoms with E-state index in [-0.39, 0.29) is 41.7 Å². The average molecular weight is 575 g/mol. The third-order valence-electron chi connectivity index (χ3n) is 6.59. The van der Waals surface area contributed by atoms with Crippen LogP contribution in [0.2, 0.25) is 5.02 Å². The third kappa shape index (κ3) is 6.37. The fourth-order valence-electron chi connectivity index (χ4n) is 4.74. The summed E-state index contributed by atoms with van der Waals surface area (Å²) in [5.41, 5.74) is 12.8. The fraction of sp³-hybridized carbons (Fsp3) is 0.440. The number of imidazole rings is 1. The second kappa shape index (κ2) is 12.1. The molecule has 0 aliphatic carbocycles. The van der Waals surface area contributed by atoms with Gasteiger partial charge in [-0.25, -0.2) is 9.97 Å². The lowest BCUT2D eigenvalue weighted by Gasteiger charge is -2.22. The summed E-state index contributed by atoms with van der Waals surface area (Å²) in [6, 6.07) is 2.59. The van der Waals surface area contributed by atoms with Crippen molar-refractivity contribution < 1.29 is 19.2 Å². The summed E-state index contributed by atoms with van der Waals surface area (Å²) in [7, 11) is 1.52. The molecule has 0 saturated carbocycles. The number of unbranched alkanes of at least 4 members (excludes halogenated alkanes) is 1. The molecule has 208 valence electrons. The van der Waals surface area contributed by atoms with E-state index in [1.165, 1.54) is 25.3 Å². The monoisotopic (exact) mass is 574 g/mol. The number of likely N-dealkylation sites (N-methyl/N-ethyl adjacent to an activating group) is 1. The van der Waals surface area contributed by atoms with Crippen LogP contribution in [0.15, 0.2) is 24.5 Å². The Hall–Kier alpha value is -3.55. The molecule has 0 spiro atoms. The highest BCUT2D eigenvalue weighted by Gasteiger charge is 2.39. The SMILES string of the molecule is CNC(=O)[C@H](CCCCNC(C)=O)c1sc([C@@H]2C[C@@H](N)CN2C(=O)c2cn3cc(Cl)ccc3n2)nc1C(N)=O. The first-order valence-corrected chi connectivity index (χ1v) is 13.8. The number of nitrogens with zero attached hydrogens (tertiary/aromatic N) is 4. The van der Waals surface area contributed by atoms with Crippen LogP contribution in [-0.2, 0) is 9.59 Å². The molecule has 3 atom stereocenters. The molecule has 1 aliphatic heterocycles. The molecule has 0 bridgehead atoms. The zero-order valence-corrected chi connectivity index (χ0v) is 23.2. The van der Waals surface area contributed by atoms with Crippen LogP contribution in [0.3, 0.4) is 0 Å². The summed E-state index contributed by atoms with van der Waals surface area (Å²) in [5.74, 6) is -2.14. The molecule has 4 rings (SSSR count). The van der Waals surface area contributed by atoms with Gasteiger partial charge in [0.25, 0.3) is 11.8 Å². The molecule has 12 nitrogen and oxygen atoms in total. The summed E-state index contributed by atoms with van der Waals surface area (Å²) < 4.78 is 1.67. The van der Waals surface area contributed by atoms with E-state index >= 15 is 0 Å². The fourth-order valence-corrected chi connectivity index (χ4v) is 6.24. The summed E-state index contributed by atoms with van der Waals surface area (Å²) in [6.45, 7) is 2.21. The smallest absolute Gasteiger partial charge is 0.274 e. The molecule has 0 radical (unpaired) electrons. The van der Waals surface area contributed by atoms with Gasteiger partial charge in [0.1, 0.15) is 22.0 Å². The van der Waals surface area contributed by atoms with Gasteiger partial charge in [0, 0.05) is 45.5 Å². The number of carbonyl (C=O) groups is 4. The number of hydrogen-bond donors (Lipinski definition) is 4. The van der Waals surface area contributed by atoms with Crippen molar-refractivity contribution >= 4 is 52.2 Å². The molecule has 39 heavy (non-hydrogen) atoms. The summed E-state index contributed by atoms with van der Waals surface area (Å²) in [4.78, 5) is 60.9. The maximum Gasteiger partial charge on any atom is 0.274 e. The first-order chi connectivity index (χ1) is 18.6. The number of pyridine rings is 1. The number of rotatable bonds is 10. The number of primary amides is 1. The number of thiazole rings is 1. The second-order valence-corrected chi connectivity index (χ2v) is 11.0. The Kier molecular flexibility index (Phi) is 8.83. The van der Waals surface area contributed by atoms with Gasteiger partial charge in [-0.1, -0.05) is 18.0 Å². The number of nitrogens with two attached hydrogens (primary N) is 2. The van der Waals surface area contributed by atoms with E-state index in [4.69, 9.17) is 23.1 Å². The minimum Gasteiger partial charge on any atom is -0.364 e. The molecule has 0 unspecified atom stereocenters. The van der Waals surface area contributed by atoms with Gasteiger partial charge in [-0.3, -0.25) is 19.2 Å². The summed E-state index contributed by atoms with van der Waals surface area (Å²) in [5, 5.41) is 6.38. The zero-order chi connectivity index (χ0) is 28.3. The van der Waals surface area contributed by atoms with Gasteiger partial charge >= 0.3 is 0 Å². The predicted octanol–water partition coefficient (Wildman–Crippen LogP) is 1.59. The number of amides is 4. The number of fused-ring (bicyclic) bond motifs is 1. The van der Waals surface area contributed by atoms with Gasteiger partial charge in [-0.15, -0.1) is 11.3 Å². The minimum absolute atomic E-state index is 0.0145. The standard InChI is InChI=1S/C25H31ClN8O4S/c1-13(35)30-8-4-3-5-16(23(37)29-2)21-20(22(28)36)32-24(39-21)18-9-15(27)11-34(18)25(38)17-12-33-10-14(26)6-7-19(33)31-17/h6-7,10,12,15-16,18H,3-5,8-9,11,27H2,1-2H3,(H2,28,36)(H,29,37)(H,30,35)/t15-,16-,18+/m1/s1. The van der Waals surface area contributed by atoms with Crippen LogP contribution in [0.4, 0.5) is 0 Å². The van der Waals surface area contributed by atoms with Crippen molar-refractivity contribution in [3.8, 4) is 0 Å². The van der Waals surface area contributed by atoms with E-state index in [0.717, 1.165) is 0 Å². The van der Waals surface area contributed by atoms with Crippen molar-refractivity contribution in [1.82, 2.24) is 29.9 Å². The molecular weight excluding hydrogens is 544 g/mol. The number of aromatic nitrogens is 3. The first-order valence-electron chi connectivity index (χ1n) is 12.6. The molecule has 0 aromatic carbocycles. The number of nitrogens with one attached hydrogen (secondary N) is 2. The lowest BCUT2D eigenvalue weighted by molar-refractivity contribution is -0.122. The molecule has 14 heteroatoms. The lowest BCUT2D eigenvalue weighted by Crippen LogP contribution is -2.33. The van der Waals surface area contributed by atoms with Gasteiger partial charge in [0.15, 0.2) is 0 Å². The van der Waals surface area contributed by atoms with Crippen molar-refractivity contribution in [2.24, 2.45) is 11.5 Å². The van der Waals surface area contributed by atoms with Crippen molar-refractivity contribution in [3.63, 3.8) is 0 Å². The molecule has 1 fully saturated rings. The van der Waals surface area contributed by atoms with E-state index in [1.54, 1.807) is 33.8 Å². The summed E-state index contributed by atoms with van der Waals surface area (Å²) in [6.07, 6.45) is 5.41. The van der Waals surface area contributed by atoms with Crippen molar-refractivity contribution in [3.05, 3.63) is 50.8 Å². The molecule has 3 aromatic rings. The van der Waals surface area contributed by atoms with E-state index in [9.17, 15) is 19.2 Å². The Morgan fingerprint density at radius 1 is 1.21 bits per heavy atom. The number of hydrogen-bond acceptors (Lipinski definition) is 8. The molecule has 3 aromatic heterocycles. The lowest BCUT2D eigenvalue weighted by atomic mass is 9.97. The average Bonchev–Trinajstić information content (AvgIpc) is 3.61. The maximum absolute atomic E-state index is 13.5. The molecule has 4 heterocycles. The normalized spacial score (nSPS) is 17.8. The maximum atomic E-state index is 13.5. The van der Waals surface area contributed by atoms with Crippen LogP contribution < -0.4 is 22.1 Å². The zero-order valence-electron chi connectivity index (χ0n) is 21.6. The quantitative estimate of drug-likeness (QED) is 0.265. The molecule has 1 aliphatic rings. The highest BCUT2D eigenvalue weighted by molar-refractivity contribution is 7.12. The van der Waals surface area contributed by atoms with Gasteiger partial charge < -0.3 is 31.4 Å². The third-order valence-corrected chi connectivity index (χ3v) is 8.08. The van der Waals surface area contributed by atoms with Gasteiger partial charge in [0.05, 0.1) is 21.9 Å². The van der Waals surface area contributed by atoms with Crippen LogP contribution in [0.25, 0.3) is 5.65 Å². The van der Waals surface area contributed by atoms with Crippen LogP contribution in [0.5, 0.6) is 0 Å².